The minimum absolute atomic E-state index is 0.0232. The Hall–Kier alpha value is -0.660. The number of benzene rings is 1. The number of sulfonamides is 1. The van der Waals surface area contributed by atoms with Crippen molar-refractivity contribution in [2.24, 2.45) is 0 Å². The Kier molecular flexibility index (Phi) is 4.51. The number of rotatable bonds is 5. The summed E-state index contributed by atoms with van der Waals surface area (Å²) >= 11 is 5.65. The van der Waals surface area contributed by atoms with Gasteiger partial charge in [-0.05, 0) is 31.2 Å². The van der Waals surface area contributed by atoms with Gasteiger partial charge in [-0.15, -0.1) is 0 Å². The number of aliphatic hydroxyl groups is 2. The molecule has 1 rings (SSSR count). The van der Waals surface area contributed by atoms with Crippen LogP contribution >= 0.6 is 11.6 Å². The van der Waals surface area contributed by atoms with E-state index in [1.165, 1.54) is 31.2 Å². The van der Waals surface area contributed by atoms with E-state index in [9.17, 15) is 8.42 Å². The molecule has 1 aromatic rings. The minimum atomic E-state index is -3.79. The van der Waals surface area contributed by atoms with Crippen LogP contribution in [0, 0.1) is 0 Å². The van der Waals surface area contributed by atoms with E-state index in [1.54, 1.807) is 0 Å². The van der Waals surface area contributed by atoms with Crippen LogP contribution < -0.4 is 4.72 Å². The molecule has 0 fully saturated rings. The number of nitrogens with one attached hydrogen (secondary N) is 1. The highest BCUT2D eigenvalue weighted by molar-refractivity contribution is 7.89. The first-order valence-corrected chi connectivity index (χ1v) is 6.70. The van der Waals surface area contributed by atoms with Gasteiger partial charge >= 0.3 is 0 Å². The maximum atomic E-state index is 11.9. The van der Waals surface area contributed by atoms with Gasteiger partial charge in [-0.25, -0.2) is 13.1 Å². The van der Waals surface area contributed by atoms with Crippen LogP contribution in [0.25, 0.3) is 0 Å². The van der Waals surface area contributed by atoms with Crippen molar-refractivity contribution in [1.82, 2.24) is 4.72 Å². The average Bonchev–Trinajstić information content (AvgIpc) is 2.29. The molecule has 0 aromatic heterocycles. The van der Waals surface area contributed by atoms with Gasteiger partial charge < -0.3 is 10.2 Å². The molecule has 3 N–H and O–H groups in total. The molecule has 0 atom stereocenters. The molecule has 0 saturated heterocycles. The van der Waals surface area contributed by atoms with Crippen LogP contribution in [0.15, 0.2) is 29.2 Å². The van der Waals surface area contributed by atoms with Crippen molar-refractivity contribution in [3.05, 3.63) is 29.3 Å². The van der Waals surface area contributed by atoms with Gasteiger partial charge in [0, 0.05) is 5.02 Å². The lowest BCUT2D eigenvalue weighted by Crippen LogP contribution is -2.51. The third kappa shape index (κ3) is 3.65. The number of aliphatic hydroxyl groups excluding tert-OH is 2. The molecule has 0 heterocycles. The molecule has 0 bridgehead atoms. The van der Waals surface area contributed by atoms with Gasteiger partial charge in [0.15, 0.2) is 0 Å². The minimum Gasteiger partial charge on any atom is -0.394 e. The molecule has 7 heteroatoms. The summed E-state index contributed by atoms with van der Waals surface area (Å²) in [5.74, 6) is 0. The summed E-state index contributed by atoms with van der Waals surface area (Å²) in [5, 5.41) is 18.5. The molecule has 96 valence electrons. The lowest BCUT2D eigenvalue weighted by atomic mass is 10.1. The molecule has 0 unspecified atom stereocenters. The molecular weight excluding hydrogens is 266 g/mol. The van der Waals surface area contributed by atoms with Crippen LogP contribution in [0.4, 0.5) is 0 Å². The zero-order chi connectivity index (χ0) is 13.1. The lowest BCUT2D eigenvalue weighted by molar-refractivity contribution is 0.122. The van der Waals surface area contributed by atoms with Crippen molar-refractivity contribution in [2.45, 2.75) is 17.4 Å². The monoisotopic (exact) mass is 279 g/mol. The topological polar surface area (TPSA) is 86.6 Å². The molecule has 0 aliphatic rings. The van der Waals surface area contributed by atoms with Crippen molar-refractivity contribution >= 4 is 21.6 Å². The molecular formula is C10H14ClNO4S. The summed E-state index contributed by atoms with van der Waals surface area (Å²) in [4.78, 5) is 0.0232. The second kappa shape index (κ2) is 5.32. The summed E-state index contributed by atoms with van der Waals surface area (Å²) < 4.78 is 26.0. The Balaban J connectivity index is 3.00. The average molecular weight is 280 g/mol. The fourth-order valence-electron chi connectivity index (χ4n) is 1.11. The third-order valence-corrected chi connectivity index (χ3v) is 4.11. The van der Waals surface area contributed by atoms with Crippen molar-refractivity contribution in [1.29, 1.82) is 0 Å². The fourth-order valence-corrected chi connectivity index (χ4v) is 2.63. The van der Waals surface area contributed by atoms with Crippen LogP contribution in [0.5, 0.6) is 0 Å². The summed E-state index contributed by atoms with van der Waals surface area (Å²) in [6.07, 6.45) is 0. The van der Waals surface area contributed by atoms with Crippen LogP contribution in [0.3, 0.4) is 0 Å². The largest absolute Gasteiger partial charge is 0.394 e. The van der Waals surface area contributed by atoms with E-state index >= 15 is 0 Å². The molecule has 5 nitrogen and oxygen atoms in total. The van der Waals surface area contributed by atoms with E-state index in [1.807, 2.05) is 0 Å². The van der Waals surface area contributed by atoms with Gasteiger partial charge in [0.05, 0.1) is 23.6 Å². The van der Waals surface area contributed by atoms with Crippen LogP contribution in [-0.4, -0.2) is 37.4 Å². The normalized spacial score (nSPS) is 12.7. The second-order valence-corrected chi connectivity index (χ2v) is 6.06. The predicted molar refractivity (Wildman–Crippen MR) is 64.4 cm³/mol. The predicted octanol–water partition coefficient (Wildman–Crippen LogP) is 0.362. The smallest absolute Gasteiger partial charge is 0.241 e. The maximum absolute atomic E-state index is 11.9. The molecule has 0 spiro atoms. The highest BCUT2D eigenvalue weighted by Crippen LogP contribution is 2.16. The Bertz CT molecular complexity index is 468. The first kappa shape index (κ1) is 14.4. The van der Waals surface area contributed by atoms with Crippen LogP contribution in [0.1, 0.15) is 6.92 Å². The van der Waals surface area contributed by atoms with E-state index in [-0.39, 0.29) is 4.90 Å². The number of hydrogen-bond donors (Lipinski definition) is 3. The molecule has 17 heavy (non-hydrogen) atoms. The Morgan fingerprint density at radius 3 is 2.12 bits per heavy atom. The highest BCUT2D eigenvalue weighted by Gasteiger charge is 2.29. The third-order valence-electron chi connectivity index (χ3n) is 2.20. The van der Waals surface area contributed by atoms with E-state index in [0.29, 0.717) is 5.02 Å². The van der Waals surface area contributed by atoms with Crippen LogP contribution in [0.2, 0.25) is 5.02 Å². The van der Waals surface area contributed by atoms with Gasteiger partial charge in [-0.1, -0.05) is 11.6 Å². The lowest BCUT2D eigenvalue weighted by Gasteiger charge is -2.25. The summed E-state index contributed by atoms with van der Waals surface area (Å²) in [5.41, 5.74) is -1.29. The van der Waals surface area contributed by atoms with E-state index < -0.39 is 28.8 Å². The van der Waals surface area contributed by atoms with Gasteiger partial charge in [-0.2, -0.15) is 0 Å². The Morgan fingerprint density at radius 2 is 1.71 bits per heavy atom. The zero-order valence-corrected chi connectivity index (χ0v) is 10.8. The molecule has 0 radical (unpaired) electrons. The number of hydrogen-bond acceptors (Lipinski definition) is 4. The Labute approximate surface area is 105 Å². The van der Waals surface area contributed by atoms with Gasteiger partial charge in [-0.3, -0.25) is 0 Å². The summed E-state index contributed by atoms with van der Waals surface area (Å²) in [6, 6.07) is 5.59. The highest BCUT2D eigenvalue weighted by atomic mass is 35.5. The standard InChI is InChI=1S/C10H14ClNO4S/c1-10(6-13,7-14)12-17(15,16)9-4-2-8(11)3-5-9/h2-5,12-14H,6-7H2,1H3. The molecule has 1 aromatic carbocycles. The molecule has 0 aliphatic carbocycles. The first-order chi connectivity index (χ1) is 7.83. The number of halogens is 1. The summed E-state index contributed by atoms with van der Waals surface area (Å²) in [7, 11) is -3.79. The van der Waals surface area contributed by atoms with Gasteiger partial charge in [0.25, 0.3) is 0 Å². The Morgan fingerprint density at radius 1 is 1.24 bits per heavy atom. The van der Waals surface area contributed by atoms with Crippen molar-refractivity contribution < 1.29 is 18.6 Å². The molecule has 0 saturated carbocycles. The molecule has 0 amide bonds. The quantitative estimate of drug-likeness (QED) is 0.726. The zero-order valence-electron chi connectivity index (χ0n) is 9.22. The van der Waals surface area contributed by atoms with Gasteiger partial charge in [0.1, 0.15) is 0 Å². The van der Waals surface area contributed by atoms with Crippen molar-refractivity contribution in [3.8, 4) is 0 Å². The maximum Gasteiger partial charge on any atom is 0.241 e. The SMILES string of the molecule is CC(CO)(CO)NS(=O)(=O)c1ccc(Cl)cc1. The molecule has 0 aliphatic heterocycles. The fraction of sp³-hybridized carbons (Fsp3) is 0.400. The first-order valence-electron chi connectivity index (χ1n) is 4.84. The van der Waals surface area contributed by atoms with E-state index in [2.05, 4.69) is 4.72 Å². The van der Waals surface area contributed by atoms with Crippen LogP contribution in [-0.2, 0) is 10.0 Å². The van der Waals surface area contributed by atoms with Crippen molar-refractivity contribution in [3.63, 3.8) is 0 Å². The van der Waals surface area contributed by atoms with Gasteiger partial charge in [0.2, 0.25) is 10.0 Å². The van der Waals surface area contributed by atoms with E-state index in [4.69, 9.17) is 21.8 Å². The van der Waals surface area contributed by atoms with Crippen molar-refractivity contribution in [2.75, 3.05) is 13.2 Å². The summed E-state index contributed by atoms with van der Waals surface area (Å²) in [6.45, 7) is 0.396. The second-order valence-electron chi connectivity index (χ2n) is 3.94. The van der Waals surface area contributed by atoms with E-state index in [0.717, 1.165) is 0 Å².